The Balaban J connectivity index is 3.75. The summed E-state index contributed by atoms with van der Waals surface area (Å²) < 4.78 is 5.88. The first-order valence-corrected chi connectivity index (χ1v) is 16.8. The average Bonchev–Trinajstić information content (AvgIpc) is 2.91. The summed E-state index contributed by atoms with van der Waals surface area (Å²) in [4.78, 5) is 23.0. The molecule has 0 aromatic heterocycles. The molecule has 0 heterocycles. The Bertz CT molecular complexity index is 595. The summed E-state index contributed by atoms with van der Waals surface area (Å²) in [7, 11) is 0. The van der Waals surface area contributed by atoms with Crippen molar-refractivity contribution in [1.82, 2.24) is 0 Å². The fourth-order valence-electron chi connectivity index (χ4n) is 4.92. The van der Waals surface area contributed by atoms with E-state index in [9.17, 15) is 9.59 Å². The molecule has 1 N–H and O–H groups in total. The fourth-order valence-corrected chi connectivity index (χ4v) is 4.92. The summed E-state index contributed by atoms with van der Waals surface area (Å²) in [5, 5.41) is 8.71. The van der Waals surface area contributed by atoms with Gasteiger partial charge in [0.2, 0.25) is 0 Å². The molecule has 4 nitrogen and oxygen atoms in total. The highest BCUT2D eigenvalue weighted by atomic mass is 16.5. The highest BCUT2D eigenvalue weighted by Crippen LogP contribution is 2.18. The maximum Gasteiger partial charge on any atom is 0.306 e. The maximum absolute atomic E-state index is 12.4. The van der Waals surface area contributed by atoms with Gasteiger partial charge in [-0.25, -0.2) is 0 Å². The third-order valence-corrected chi connectivity index (χ3v) is 7.43. The number of allylic oxidation sites excluding steroid dienone is 4. The van der Waals surface area contributed by atoms with E-state index in [0.29, 0.717) is 6.42 Å². The summed E-state index contributed by atoms with van der Waals surface area (Å²) >= 11 is 0. The standard InChI is InChI=1S/C35H64O4/c1-3-5-7-8-9-10-11-12-13-14-15-16-17-18-19-24-28-32-35(38)39-33(29-25-6-4-2)30-26-22-20-21-23-27-31-34(36)37/h9-10,12-13,33H,3-8,11,14-32H2,1-2H3,(H,36,37)/b10-9-,13-12-. The first kappa shape index (κ1) is 37.4. The van der Waals surface area contributed by atoms with Gasteiger partial charge in [-0.1, -0.05) is 122 Å². The molecule has 0 aromatic rings. The van der Waals surface area contributed by atoms with Crippen LogP contribution in [0.1, 0.15) is 181 Å². The van der Waals surface area contributed by atoms with Crippen LogP contribution in [0.4, 0.5) is 0 Å². The summed E-state index contributed by atoms with van der Waals surface area (Å²) in [5.41, 5.74) is 0. The molecule has 39 heavy (non-hydrogen) atoms. The summed E-state index contributed by atoms with van der Waals surface area (Å²) in [6.07, 6.45) is 37.8. The minimum atomic E-state index is -0.697. The highest BCUT2D eigenvalue weighted by molar-refractivity contribution is 5.69. The number of rotatable bonds is 30. The zero-order valence-electron chi connectivity index (χ0n) is 25.9. The Labute approximate surface area is 242 Å². The van der Waals surface area contributed by atoms with Crippen LogP contribution < -0.4 is 0 Å². The van der Waals surface area contributed by atoms with Crippen LogP contribution in [0.5, 0.6) is 0 Å². The first-order chi connectivity index (χ1) is 19.1. The molecule has 1 atom stereocenters. The van der Waals surface area contributed by atoms with Crippen LogP contribution in [0.2, 0.25) is 0 Å². The number of carbonyl (C=O) groups is 2. The normalized spacial score (nSPS) is 12.5. The maximum atomic E-state index is 12.4. The van der Waals surface area contributed by atoms with Crippen LogP contribution in [-0.4, -0.2) is 23.1 Å². The molecule has 0 fully saturated rings. The molecule has 0 radical (unpaired) electrons. The molecule has 0 rings (SSSR count). The van der Waals surface area contributed by atoms with Crippen LogP contribution in [0.15, 0.2) is 24.3 Å². The highest BCUT2D eigenvalue weighted by Gasteiger charge is 2.14. The number of esters is 1. The fraction of sp³-hybridized carbons (Fsp3) is 0.829. The molecular weight excluding hydrogens is 484 g/mol. The van der Waals surface area contributed by atoms with Gasteiger partial charge in [-0.2, -0.15) is 0 Å². The van der Waals surface area contributed by atoms with Gasteiger partial charge in [0, 0.05) is 12.8 Å². The Morgan fingerprint density at radius 2 is 1.00 bits per heavy atom. The van der Waals surface area contributed by atoms with Gasteiger partial charge in [-0.05, 0) is 70.6 Å². The van der Waals surface area contributed by atoms with Gasteiger partial charge in [0.25, 0.3) is 0 Å². The van der Waals surface area contributed by atoms with Crippen LogP contribution in [0.25, 0.3) is 0 Å². The number of aliphatic carboxylic acids is 1. The Morgan fingerprint density at radius 1 is 0.564 bits per heavy atom. The second-order valence-corrected chi connectivity index (χ2v) is 11.3. The van der Waals surface area contributed by atoms with Crippen LogP contribution in [-0.2, 0) is 14.3 Å². The molecule has 0 aliphatic carbocycles. The van der Waals surface area contributed by atoms with Crippen molar-refractivity contribution in [3.8, 4) is 0 Å². The van der Waals surface area contributed by atoms with Gasteiger partial charge < -0.3 is 9.84 Å². The molecule has 0 saturated carbocycles. The summed E-state index contributed by atoms with van der Waals surface area (Å²) in [6.45, 7) is 4.46. The van der Waals surface area contributed by atoms with E-state index in [1.54, 1.807) is 0 Å². The lowest BCUT2D eigenvalue weighted by Crippen LogP contribution is -2.18. The van der Waals surface area contributed by atoms with Gasteiger partial charge in [0.1, 0.15) is 6.10 Å². The van der Waals surface area contributed by atoms with E-state index < -0.39 is 5.97 Å². The largest absolute Gasteiger partial charge is 0.481 e. The van der Waals surface area contributed by atoms with E-state index >= 15 is 0 Å². The SMILES string of the molecule is CCCCC/C=C\C/C=C\CCCCCCCCCC(=O)OC(CCCCC)CCCCCCCCC(=O)O. The average molecular weight is 549 g/mol. The minimum Gasteiger partial charge on any atom is -0.481 e. The molecule has 0 spiro atoms. The molecule has 0 saturated heterocycles. The lowest BCUT2D eigenvalue weighted by molar-refractivity contribution is -0.150. The Hall–Kier alpha value is -1.58. The predicted molar refractivity (Wildman–Crippen MR) is 167 cm³/mol. The van der Waals surface area contributed by atoms with Gasteiger partial charge in [-0.15, -0.1) is 0 Å². The van der Waals surface area contributed by atoms with Crippen molar-refractivity contribution < 1.29 is 19.4 Å². The lowest BCUT2D eigenvalue weighted by atomic mass is 10.0. The number of unbranched alkanes of at least 4 members (excludes halogenated alkanes) is 17. The van der Waals surface area contributed by atoms with Crippen LogP contribution in [0, 0.1) is 0 Å². The third-order valence-electron chi connectivity index (χ3n) is 7.43. The molecule has 0 aromatic carbocycles. The van der Waals surface area contributed by atoms with Crippen molar-refractivity contribution in [2.24, 2.45) is 0 Å². The Morgan fingerprint density at radius 3 is 1.56 bits per heavy atom. The van der Waals surface area contributed by atoms with E-state index in [-0.39, 0.29) is 18.5 Å². The van der Waals surface area contributed by atoms with Crippen molar-refractivity contribution in [1.29, 1.82) is 0 Å². The molecule has 1 unspecified atom stereocenters. The molecule has 0 aliphatic rings. The molecule has 0 bridgehead atoms. The van der Waals surface area contributed by atoms with Crippen molar-refractivity contribution in [3.63, 3.8) is 0 Å². The monoisotopic (exact) mass is 548 g/mol. The van der Waals surface area contributed by atoms with Crippen LogP contribution >= 0.6 is 0 Å². The van der Waals surface area contributed by atoms with Crippen molar-refractivity contribution in [2.45, 2.75) is 187 Å². The third kappa shape index (κ3) is 30.8. The van der Waals surface area contributed by atoms with Gasteiger partial charge in [0.15, 0.2) is 0 Å². The number of carboxylic acids is 1. The Kier molecular flexibility index (Phi) is 29.7. The van der Waals surface area contributed by atoms with Gasteiger partial charge >= 0.3 is 11.9 Å². The van der Waals surface area contributed by atoms with Gasteiger partial charge in [-0.3, -0.25) is 9.59 Å². The molecule has 4 heteroatoms. The van der Waals surface area contributed by atoms with E-state index in [1.807, 2.05) is 0 Å². The second kappa shape index (κ2) is 31.0. The summed E-state index contributed by atoms with van der Waals surface area (Å²) in [6, 6.07) is 0. The van der Waals surface area contributed by atoms with E-state index in [4.69, 9.17) is 9.84 Å². The van der Waals surface area contributed by atoms with Gasteiger partial charge in [0.05, 0.1) is 0 Å². The van der Waals surface area contributed by atoms with E-state index in [2.05, 4.69) is 38.2 Å². The summed E-state index contributed by atoms with van der Waals surface area (Å²) in [5.74, 6) is -0.703. The van der Waals surface area contributed by atoms with Crippen molar-refractivity contribution in [3.05, 3.63) is 24.3 Å². The van der Waals surface area contributed by atoms with E-state index in [0.717, 1.165) is 77.0 Å². The number of hydrogen-bond donors (Lipinski definition) is 1. The zero-order valence-corrected chi connectivity index (χ0v) is 25.9. The van der Waals surface area contributed by atoms with Crippen molar-refractivity contribution in [2.75, 3.05) is 0 Å². The van der Waals surface area contributed by atoms with Crippen LogP contribution in [0.3, 0.4) is 0 Å². The number of carbonyl (C=O) groups excluding carboxylic acids is 1. The topological polar surface area (TPSA) is 63.6 Å². The predicted octanol–water partition coefficient (Wildman–Crippen LogP) is 11.3. The molecule has 228 valence electrons. The smallest absolute Gasteiger partial charge is 0.306 e. The second-order valence-electron chi connectivity index (χ2n) is 11.3. The molecular formula is C35H64O4. The number of hydrogen-bond acceptors (Lipinski definition) is 3. The first-order valence-electron chi connectivity index (χ1n) is 16.8. The quantitative estimate of drug-likeness (QED) is 0.0550. The molecule has 0 aliphatic heterocycles. The number of carboxylic acid groups (broad SMARTS) is 1. The van der Waals surface area contributed by atoms with E-state index in [1.165, 1.54) is 77.0 Å². The lowest BCUT2D eigenvalue weighted by Gasteiger charge is -2.18. The van der Waals surface area contributed by atoms with Crippen molar-refractivity contribution >= 4 is 11.9 Å². The zero-order chi connectivity index (χ0) is 28.7. The molecule has 0 amide bonds. The number of ether oxygens (including phenoxy) is 1. The minimum absolute atomic E-state index is 0.00670.